The molecule has 4 heteroatoms. The van der Waals surface area contributed by atoms with E-state index in [0.717, 1.165) is 15.9 Å². The normalized spacial score (nSPS) is 10.0. The van der Waals surface area contributed by atoms with Crippen LogP contribution in [0.2, 0.25) is 0 Å². The largest absolute Gasteiger partial charge is 0.424 e. The second kappa shape index (κ2) is 4.40. The summed E-state index contributed by atoms with van der Waals surface area (Å²) in [7, 11) is 0. The van der Waals surface area contributed by atoms with Gasteiger partial charge in [-0.3, -0.25) is 0 Å². The van der Waals surface area contributed by atoms with E-state index in [2.05, 4.69) is 25.9 Å². The molecule has 2 rings (SSSR count). The lowest BCUT2D eigenvalue weighted by Crippen LogP contribution is -1.92. The molecule has 0 aliphatic rings. The summed E-state index contributed by atoms with van der Waals surface area (Å²) in [6.07, 6.45) is 1.68. The number of nitrogens with zero attached hydrogens (tertiary/aromatic N) is 2. The van der Waals surface area contributed by atoms with Crippen LogP contribution >= 0.6 is 15.9 Å². The maximum atomic E-state index is 5.47. The Bertz CT molecular complexity index is 456. The molecule has 2 aromatic rings. The van der Waals surface area contributed by atoms with Crippen LogP contribution in [0.1, 0.15) is 5.69 Å². The second-order valence-corrected chi connectivity index (χ2v) is 3.95. The van der Waals surface area contributed by atoms with Gasteiger partial charge < -0.3 is 4.74 Å². The van der Waals surface area contributed by atoms with E-state index in [1.54, 1.807) is 6.20 Å². The highest BCUT2D eigenvalue weighted by Gasteiger charge is 1.99. The lowest BCUT2D eigenvalue weighted by atomic mass is 10.3. The van der Waals surface area contributed by atoms with Crippen LogP contribution in [0.15, 0.2) is 41.0 Å². The van der Waals surface area contributed by atoms with E-state index in [1.807, 2.05) is 37.3 Å². The zero-order valence-electron chi connectivity index (χ0n) is 8.14. The van der Waals surface area contributed by atoms with Gasteiger partial charge in [-0.25, -0.2) is 9.97 Å². The number of benzene rings is 1. The van der Waals surface area contributed by atoms with Crippen LogP contribution < -0.4 is 4.74 Å². The number of hydrogen-bond acceptors (Lipinski definition) is 3. The number of ether oxygens (including phenoxy) is 1. The van der Waals surface area contributed by atoms with Crippen molar-refractivity contribution in [2.75, 3.05) is 0 Å². The van der Waals surface area contributed by atoms with Crippen LogP contribution in [0.3, 0.4) is 0 Å². The molecule has 0 fully saturated rings. The Morgan fingerprint density at radius 3 is 2.53 bits per heavy atom. The quantitative estimate of drug-likeness (QED) is 0.835. The van der Waals surface area contributed by atoms with E-state index < -0.39 is 0 Å². The third kappa shape index (κ3) is 2.76. The van der Waals surface area contributed by atoms with Crippen molar-refractivity contribution in [1.29, 1.82) is 0 Å². The molecule has 0 N–H and O–H groups in total. The summed E-state index contributed by atoms with van der Waals surface area (Å²) in [4.78, 5) is 8.16. The minimum Gasteiger partial charge on any atom is -0.424 e. The van der Waals surface area contributed by atoms with Gasteiger partial charge in [-0.15, -0.1) is 0 Å². The monoisotopic (exact) mass is 264 g/mol. The summed E-state index contributed by atoms with van der Waals surface area (Å²) in [5.74, 6) is 0.726. The SMILES string of the molecule is Cc1ccnc(Oc2ccc(Br)cc2)n1. The first-order chi connectivity index (χ1) is 7.24. The maximum Gasteiger partial charge on any atom is 0.322 e. The smallest absolute Gasteiger partial charge is 0.322 e. The second-order valence-electron chi connectivity index (χ2n) is 3.04. The molecule has 0 atom stereocenters. The molecule has 0 bridgehead atoms. The first-order valence-corrected chi connectivity index (χ1v) is 5.26. The zero-order chi connectivity index (χ0) is 10.7. The van der Waals surface area contributed by atoms with Gasteiger partial charge in [-0.2, -0.15) is 0 Å². The van der Waals surface area contributed by atoms with E-state index in [9.17, 15) is 0 Å². The Hall–Kier alpha value is -1.42. The molecule has 0 aliphatic heterocycles. The summed E-state index contributed by atoms with van der Waals surface area (Å²) in [5, 5.41) is 0. The highest BCUT2D eigenvalue weighted by Crippen LogP contribution is 2.20. The molecule has 1 heterocycles. The van der Waals surface area contributed by atoms with Gasteiger partial charge in [-0.05, 0) is 37.3 Å². The standard InChI is InChI=1S/C11H9BrN2O/c1-8-6-7-13-11(14-8)15-10-4-2-9(12)3-5-10/h2-7H,1H3. The highest BCUT2D eigenvalue weighted by atomic mass is 79.9. The lowest BCUT2D eigenvalue weighted by Gasteiger charge is -2.03. The van der Waals surface area contributed by atoms with Crippen LogP contribution in [-0.2, 0) is 0 Å². The van der Waals surface area contributed by atoms with Crippen molar-refractivity contribution in [1.82, 2.24) is 9.97 Å². The van der Waals surface area contributed by atoms with Gasteiger partial charge in [0.05, 0.1) is 0 Å². The predicted octanol–water partition coefficient (Wildman–Crippen LogP) is 3.34. The van der Waals surface area contributed by atoms with Gasteiger partial charge in [0.15, 0.2) is 0 Å². The molecule has 15 heavy (non-hydrogen) atoms. The minimum atomic E-state index is 0.373. The number of aromatic nitrogens is 2. The third-order valence-corrected chi connectivity index (χ3v) is 2.32. The molecule has 1 aromatic heterocycles. The topological polar surface area (TPSA) is 35.0 Å². The van der Waals surface area contributed by atoms with Crippen molar-refractivity contribution in [3.8, 4) is 11.8 Å². The van der Waals surface area contributed by atoms with E-state index in [-0.39, 0.29) is 0 Å². The number of hydrogen-bond donors (Lipinski definition) is 0. The fourth-order valence-electron chi connectivity index (χ4n) is 1.08. The number of rotatable bonds is 2. The zero-order valence-corrected chi connectivity index (χ0v) is 9.73. The number of aryl methyl sites for hydroxylation is 1. The minimum absolute atomic E-state index is 0.373. The Morgan fingerprint density at radius 1 is 1.13 bits per heavy atom. The van der Waals surface area contributed by atoms with Crippen LogP contribution in [0.25, 0.3) is 0 Å². The van der Waals surface area contributed by atoms with Crippen LogP contribution in [0.5, 0.6) is 11.8 Å². The molecule has 3 nitrogen and oxygen atoms in total. The molecule has 1 aromatic carbocycles. The van der Waals surface area contributed by atoms with Crippen LogP contribution in [0.4, 0.5) is 0 Å². The van der Waals surface area contributed by atoms with E-state index in [4.69, 9.17) is 4.74 Å². The number of halogens is 1. The molecular weight excluding hydrogens is 256 g/mol. The van der Waals surface area contributed by atoms with E-state index in [1.165, 1.54) is 0 Å². The Balaban J connectivity index is 2.18. The maximum absolute atomic E-state index is 5.47. The Labute approximate surface area is 96.3 Å². The Morgan fingerprint density at radius 2 is 1.87 bits per heavy atom. The summed E-state index contributed by atoms with van der Waals surface area (Å²) >= 11 is 3.36. The molecule has 76 valence electrons. The van der Waals surface area contributed by atoms with Crippen molar-refractivity contribution >= 4 is 15.9 Å². The van der Waals surface area contributed by atoms with Crippen LogP contribution in [0, 0.1) is 6.92 Å². The van der Waals surface area contributed by atoms with Gasteiger partial charge >= 0.3 is 6.01 Å². The fourth-order valence-corrected chi connectivity index (χ4v) is 1.35. The molecule has 0 saturated heterocycles. The summed E-state index contributed by atoms with van der Waals surface area (Å²) < 4.78 is 6.49. The molecule has 0 spiro atoms. The first-order valence-electron chi connectivity index (χ1n) is 4.47. The van der Waals surface area contributed by atoms with Crippen molar-refractivity contribution in [3.63, 3.8) is 0 Å². The van der Waals surface area contributed by atoms with Crippen molar-refractivity contribution in [3.05, 3.63) is 46.7 Å². The predicted molar refractivity (Wildman–Crippen MR) is 61.0 cm³/mol. The van der Waals surface area contributed by atoms with Crippen molar-refractivity contribution < 1.29 is 4.74 Å². The highest BCUT2D eigenvalue weighted by molar-refractivity contribution is 9.10. The summed E-state index contributed by atoms with van der Waals surface area (Å²) in [6, 6.07) is 9.73. The molecule has 0 radical (unpaired) electrons. The molecule has 0 aliphatic carbocycles. The first kappa shape index (κ1) is 10.1. The molecule has 0 saturated carbocycles. The van der Waals surface area contributed by atoms with Crippen molar-refractivity contribution in [2.24, 2.45) is 0 Å². The molecule has 0 unspecified atom stereocenters. The van der Waals surface area contributed by atoms with Gasteiger partial charge in [0, 0.05) is 16.4 Å². The van der Waals surface area contributed by atoms with E-state index >= 15 is 0 Å². The average molecular weight is 265 g/mol. The van der Waals surface area contributed by atoms with Crippen molar-refractivity contribution in [2.45, 2.75) is 6.92 Å². The summed E-state index contributed by atoms with van der Waals surface area (Å²) in [5.41, 5.74) is 0.886. The van der Waals surface area contributed by atoms with Gasteiger partial charge in [-0.1, -0.05) is 15.9 Å². The Kier molecular flexibility index (Phi) is 2.97. The lowest BCUT2D eigenvalue weighted by molar-refractivity contribution is 0.440. The van der Waals surface area contributed by atoms with E-state index in [0.29, 0.717) is 6.01 Å². The van der Waals surface area contributed by atoms with Gasteiger partial charge in [0.2, 0.25) is 0 Å². The van der Waals surface area contributed by atoms with Gasteiger partial charge in [0.25, 0.3) is 0 Å². The average Bonchev–Trinajstić information content (AvgIpc) is 2.22. The van der Waals surface area contributed by atoms with Gasteiger partial charge in [0.1, 0.15) is 5.75 Å². The summed E-state index contributed by atoms with van der Waals surface area (Å²) in [6.45, 7) is 1.90. The fraction of sp³-hybridized carbons (Fsp3) is 0.0909. The molecule has 0 amide bonds. The van der Waals surface area contributed by atoms with Crippen LogP contribution in [-0.4, -0.2) is 9.97 Å². The molecular formula is C11H9BrN2O. The third-order valence-electron chi connectivity index (χ3n) is 1.80.